The van der Waals surface area contributed by atoms with Crippen LogP contribution in [0.1, 0.15) is 26.0 Å². The standard InChI is InChI=1S/C8H13N5O/c1-4-5(2)10-12-8-9-7(14)6(3)11-13-8/h4H2,1-3H3,(H2,9,12,13,14)/b10-5-. The summed E-state index contributed by atoms with van der Waals surface area (Å²) in [6.07, 6.45) is 0.844. The van der Waals surface area contributed by atoms with Gasteiger partial charge in [0.2, 0.25) is 5.95 Å². The van der Waals surface area contributed by atoms with Gasteiger partial charge >= 0.3 is 0 Å². The second kappa shape index (κ2) is 4.50. The van der Waals surface area contributed by atoms with Crippen molar-refractivity contribution >= 4 is 11.7 Å². The van der Waals surface area contributed by atoms with E-state index in [-0.39, 0.29) is 11.5 Å². The van der Waals surface area contributed by atoms with E-state index in [1.807, 2.05) is 13.8 Å². The minimum Gasteiger partial charge on any atom is -0.288 e. The number of aryl methyl sites for hydroxylation is 1. The van der Waals surface area contributed by atoms with Crippen LogP contribution in [0.5, 0.6) is 0 Å². The molecule has 0 unspecified atom stereocenters. The SMILES string of the molecule is CC/C(C)=N\Nc1nnc(C)c(=O)[nH]1. The van der Waals surface area contributed by atoms with Gasteiger partial charge in [-0.1, -0.05) is 6.92 Å². The molecule has 0 aliphatic carbocycles. The average Bonchev–Trinajstić information content (AvgIpc) is 2.19. The molecule has 0 aliphatic rings. The summed E-state index contributed by atoms with van der Waals surface area (Å²) in [5, 5.41) is 11.4. The second-order valence-electron chi connectivity index (χ2n) is 2.90. The van der Waals surface area contributed by atoms with Gasteiger partial charge in [0.1, 0.15) is 5.69 Å². The van der Waals surface area contributed by atoms with Crippen LogP contribution in [0.4, 0.5) is 5.95 Å². The molecule has 14 heavy (non-hydrogen) atoms. The molecule has 1 aromatic rings. The van der Waals surface area contributed by atoms with Crippen molar-refractivity contribution in [3.8, 4) is 0 Å². The predicted octanol–water partition coefficient (Wildman–Crippen LogP) is 0.671. The van der Waals surface area contributed by atoms with Crippen LogP contribution in [0.3, 0.4) is 0 Å². The number of H-pyrrole nitrogens is 1. The maximum Gasteiger partial charge on any atom is 0.274 e. The number of rotatable bonds is 3. The molecule has 0 saturated heterocycles. The Balaban J connectivity index is 2.79. The van der Waals surface area contributed by atoms with E-state index in [9.17, 15) is 4.79 Å². The van der Waals surface area contributed by atoms with Crippen molar-refractivity contribution in [2.24, 2.45) is 5.10 Å². The first-order valence-corrected chi connectivity index (χ1v) is 4.36. The van der Waals surface area contributed by atoms with Gasteiger partial charge in [0.25, 0.3) is 5.56 Å². The second-order valence-corrected chi connectivity index (χ2v) is 2.90. The average molecular weight is 195 g/mol. The monoisotopic (exact) mass is 195 g/mol. The zero-order chi connectivity index (χ0) is 10.6. The maximum absolute atomic E-state index is 11.1. The molecule has 0 aromatic carbocycles. The molecule has 0 bridgehead atoms. The third-order valence-electron chi connectivity index (χ3n) is 1.72. The Morgan fingerprint density at radius 2 is 2.29 bits per heavy atom. The lowest BCUT2D eigenvalue weighted by Crippen LogP contribution is -2.15. The summed E-state index contributed by atoms with van der Waals surface area (Å²) < 4.78 is 0. The molecule has 2 N–H and O–H groups in total. The van der Waals surface area contributed by atoms with Crippen LogP contribution in [-0.2, 0) is 0 Å². The molecule has 0 saturated carbocycles. The summed E-state index contributed by atoms with van der Waals surface area (Å²) in [6.45, 7) is 5.47. The minimum atomic E-state index is -0.258. The van der Waals surface area contributed by atoms with E-state index in [0.29, 0.717) is 5.69 Å². The number of anilines is 1. The van der Waals surface area contributed by atoms with Gasteiger partial charge in [-0.15, -0.1) is 10.2 Å². The van der Waals surface area contributed by atoms with E-state index >= 15 is 0 Å². The highest BCUT2D eigenvalue weighted by molar-refractivity contribution is 5.82. The molecule has 0 amide bonds. The largest absolute Gasteiger partial charge is 0.288 e. The van der Waals surface area contributed by atoms with Crippen LogP contribution in [0.2, 0.25) is 0 Å². The van der Waals surface area contributed by atoms with Crippen molar-refractivity contribution in [1.29, 1.82) is 0 Å². The Morgan fingerprint density at radius 1 is 1.57 bits per heavy atom. The highest BCUT2D eigenvalue weighted by atomic mass is 16.1. The molecule has 6 heteroatoms. The van der Waals surface area contributed by atoms with E-state index < -0.39 is 0 Å². The lowest BCUT2D eigenvalue weighted by molar-refractivity contribution is 0.896. The van der Waals surface area contributed by atoms with Crippen molar-refractivity contribution in [1.82, 2.24) is 15.2 Å². The highest BCUT2D eigenvalue weighted by Gasteiger charge is 1.97. The fraction of sp³-hybridized carbons (Fsp3) is 0.500. The van der Waals surface area contributed by atoms with Crippen molar-refractivity contribution in [3.63, 3.8) is 0 Å². The van der Waals surface area contributed by atoms with Gasteiger partial charge < -0.3 is 0 Å². The summed E-state index contributed by atoms with van der Waals surface area (Å²) in [6, 6.07) is 0. The number of nitrogens with one attached hydrogen (secondary N) is 2. The van der Waals surface area contributed by atoms with Crippen LogP contribution in [0.25, 0.3) is 0 Å². The molecule has 0 aliphatic heterocycles. The number of hydrogen-bond acceptors (Lipinski definition) is 5. The summed E-state index contributed by atoms with van der Waals surface area (Å²) in [7, 11) is 0. The number of aromatic amines is 1. The summed E-state index contributed by atoms with van der Waals surface area (Å²) in [4.78, 5) is 13.6. The van der Waals surface area contributed by atoms with Crippen LogP contribution in [0.15, 0.2) is 9.90 Å². The Kier molecular flexibility index (Phi) is 3.33. The number of hydrazone groups is 1. The Morgan fingerprint density at radius 3 is 2.86 bits per heavy atom. The summed E-state index contributed by atoms with van der Waals surface area (Å²) in [5.74, 6) is 0.258. The number of nitrogens with zero attached hydrogens (tertiary/aromatic N) is 3. The lowest BCUT2D eigenvalue weighted by atomic mass is 10.3. The quantitative estimate of drug-likeness (QED) is 0.548. The number of hydrogen-bond donors (Lipinski definition) is 2. The Hall–Kier alpha value is -1.72. The Bertz CT molecular complexity index is 395. The highest BCUT2D eigenvalue weighted by Crippen LogP contribution is 1.92. The van der Waals surface area contributed by atoms with Crippen LogP contribution < -0.4 is 11.0 Å². The van der Waals surface area contributed by atoms with E-state index in [2.05, 4.69) is 25.7 Å². The third-order valence-corrected chi connectivity index (χ3v) is 1.72. The van der Waals surface area contributed by atoms with E-state index in [0.717, 1.165) is 12.1 Å². The topological polar surface area (TPSA) is 83.0 Å². The molecule has 0 spiro atoms. The summed E-state index contributed by atoms with van der Waals surface area (Å²) in [5.41, 5.74) is 3.63. The molecular formula is C8H13N5O. The van der Waals surface area contributed by atoms with Gasteiger partial charge in [0.05, 0.1) is 0 Å². The zero-order valence-electron chi connectivity index (χ0n) is 8.46. The first-order chi connectivity index (χ1) is 6.63. The van der Waals surface area contributed by atoms with Crippen molar-refractivity contribution in [3.05, 3.63) is 16.0 Å². The van der Waals surface area contributed by atoms with Crippen molar-refractivity contribution in [2.45, 2.75) is 27.2 Å². The fourth-order valence-electron chi connectivity index (χ4n) is 0.671. The van der Waals surface area contributed by atoms with Crippen molar-refractivity contribution in [2.75, 3.05) is 5.43 Å². The molecule has 0 atom stereocenters. The van der Waals surface area contributed by atoms with Crippen molar-refractivity contribution < 1.29 is 0 Å². The molecule has 6 nitrogen and oxygen atoms in total. The van der Waals surface area contributed by atoms with Gasteiger partial charge in [0.15, 0.2) is 0 Å². The van der Waals surface area contributed by atoms with Gasteiger partial charge in [-0.2, -0.15) is 5.10 Å². The van der Waals surface area contributed by atoms with Crippen LogP contribution in [-0.4, -0.2) is 20.9 Å². The molecular weight excluding hydrogens is 182 g/mol. The van der Waals surface area contributed by atoms with Gasteiger partial charge in [-0.05, 0) is 20.3 Å². The van der Waals surface area contributed by atoms with E-state index in [1.54, 1.807) is 6.92 Å². The fourth-order valence-corrected chi connectivity index (χ4v) is 0.671. The number of aromatic nitrogens is 3. The van der Waals surface area contributed by atoms with Crippen LogP contribution in [0, 0.1) is 6.92 Å². The predicted molar refractivity (Wildman–Crippen MR) is 54.4 cm³/mol. The molecule has 1 aromatic heterocycles. The summed E-state index contributed by atoms with van der Waals surface area (Å²) >= 11 is 0. The molecule has 76 valence electrons. The molecule has 0 fully saturated rings. The molecule has 0 radical (unpaired) electrons. The maximum atomic E-state index is 11.1. The van der Waals surface area contributed by atoms with Gasteiger partial charge in [-0.25, -0.2) is 5.43 Å². The molecule has 1 heterocycles. The smallest absolute Gasteiger partial charge is 0.274 e. The van der Waals surface area contributed by atoms with Gasteiger partial charge in [-0.3, -0.25) is 9.78 Å². The molecule has 1 rings (SSSR count). The van der Waals surface area contributed by atoms with Gasteiger partial charge in [0, 0.05) is 5.71 Å². The zero-order valence-corrected chi connectivity index (χ0v) is 8.46. The first-order valence-electron chi connectivity index (χ1n) is 4.36. The van der Waals surface area contributed by atoms with E-state index in [4.69, 9.17) is 0 Å². The minimum absolute atomic E-state index is 0.258. The van der Waals surface area contributed by atoms with E-state index in [1.165, 1.54) is 0 Å². The third kappa shape index (κ3) is 2.65. The first kappa shape index (κ1) is 10.4. The lowest BCUT2D eigenvalue weighted by Gasteiger charge is -1.99. The van der Waals surface area contributed by atoms with Crippen LogP contribution >= 0.6 is 0 Å². The Labute approximate surface area is 81.5 Å². The normalized spacial score (nSPS) is 11.5.